The highest BCUT2D eigenvalue weighted by molar-refractivity contribution is 6.07. The number of halogens is 5. The minimum absolute atomic E-state index is 0.0489. The third kappa shape index (κ3) is 4.90. The Morgan fingerprint density at radius 3 is 2.55 bits per heavy atom. The highest BCUT2D eigenvalue weighted by Crippen LogP contribution is 2.36. The summed E-state index contributed by atoms with van der Waals surface area (Å²) in [6.07, 6.45) is -3.80. The Labute approximate surface area is 213 Å². The molecule has 1 spiro atoms. The van der Waals surface area contributed by atoms with Crippen LogP contribution < -0.4 is 16.0 Å². The van der Waals surface area contributed by atoms with E-state index in [9.17, 15) is 36.3 Å². The van der Waals surface area contributed by atoms with Gasteiger partial charge in [0.25, 0.3) is 5.91 Å². The van der Waals surface area contributed by atoms with E-state index in [1.807, 2.05) is 0 Å². The maximum atomic E-state index is 14.6. The second kappa shape index (κ2) is 9.55. The smallest absolute Gasteiger partial charge is 0.329 e. The molecule has 0 bridgehead atoms. The topological polar surface area (TPSA) is 108 Å². The van der Waals surface area contributed by atoms with Crippen molar-refractivity contribution in [1.29, 1.82) is 0 Å². The lowest BCUT2D eigenvalue weighted by Gasteiger charge is -2.37. The first-order valence-corrected chi connectivity index (χ1v) is 12.2. The molecule has 14 heteroatoms. The summed E-state index contributed by atoms with van der Waals surface area (Å²) in [5.74, 6) is -2.99. The molecule has 0 saturated carbocycles. The number of imidazole rings is 1. The van der Waals surface area contributed by atoms with E-state index in [4.69, 9.17) is 0 Å². The molecule has 3 aliphatic heterocycles. The zero-order chi connectivity index (χ0) is 27.2. The van der Waals surface area contributed by atoms with Crippen molar-refractivity contribution in [1.82, 2.24) is 30.4 Å². The van der Waals surface area contributed by atoms with Crippen LogP contribution in [0.5, 0.6) is 0 Å². The Kier molecular flexibility index (Phi) is 6.51. The molecule has 4 heterocycles. The highest BCUT2D eigenvalue weighted by atomic mass is 19.4. The van der Waals surface area contributed by atoms with E-state index in [1.165, 1.54) is 21.6 Å². The van der Waals surface area contributed by atoms with Gasteiger partial charge in [-0.25, -0.2) is 23.4 Å². The number of fused-ring (bicyclic) bond motifs is 1. The van der Waals surface area contributed by atoms with Crippen molar-refractivity contribution >= 4 is 18.0 Å². The van der Waals surface area contributed by atoms with Gasteiger partial charge in [0.05, 0.1) is 12.5 Å². The number of piperidine rings is 1. The Bertz CT molecular complexity index is 1270. The number of hydrogen-bond acceptors (Lipinski definition) is 4. The first-order chi connectivity index (χ1) is 18.0. The molecule has 3 N–H and O–H groups in total. The minimum atomic E-state index is -4.52. The fourth-order valence-corrected chi connectivity index (χ4v) is 5.51. The molecule has 3 aliphatic rings. The van der Waals surface area contributed by atoms with Crippen molar-refractivity contribution in [3.05, 3.63) is 53.1 Å². The molecule has 1 aromatic heterocycles. The largest absolute Gasteiger partial charge is 0.394 e. The van der Waals surface area contributed by atoms with Crippen LogP contribution >= 0.6 is 0 Å². The summed E-state index contributed by atoms with van der Waals surface area (Å²) in [5, 5.41) is 7.63. The molecule has 0 unspecified atom stereocenters. The maximum absolute atomic E-state index is 14.6. The van der Waals surface area contributed by atoms with E-state index in [2.05, 4.69) is 20.9 Å². The molecule has 9 nitrogen and oxygen atoms in total. The molecule has 1 aromatic carbocycles. The molecule has 0 radical (unpaired) electrons. The molecule has 2 saturated heterocycles. The molecule has 5 amide bonds. The van der Waals surface area contributed by atoms with Gasteiger partial charge >= 0.3 is 18.2 Å². The molecular formula is C24H25F5N6O3. The van der Waals surface area contributed by atoms with Gasteiger partial charge in [-0.3, -0.25) is 10.1 Å². The van der Waals surface area contributed by atoms with Crippen LogP contribution in [0.4, 0.5) is 31.5 Å². The van der Waals surface area contributed by atoms with Crippen LogP contribution in [-0.2, 0) is 17.8 Å². The average molecular weight is 540 g/mol. The van der Waals surface area contributed by atoms with Gasteiger partial charge in [0.2, 0.25) is 0 Å². The molecular weight excluding hydrogens is 515 g/mol. The fraction of sp³-hybridized carbons (Fsp3) is 0.500. The number of nitrogens with zero attached hydrogens (tertiary/aromatic N) is 3. The van der Waals surface area contributed by atoms with Gasteiger partial charge in [-0.1, -0.05) is 12.1 Å². The molecule has 38 heavy (non-hydrogen) atoms. The molecule has 2 aromatic rings. The average Bonchev–Trinajstić information content (AvgIpc) is 3.28. The van der Waals surface area contributed by atoms with Gasteiger partial charge in [-0.2, -0.15) is 13.2 Å². The van der Waals surface area contributed by atoms with Crippen LogP contribution in [0.25, 0.3) is 0 Å². The SMILES string of the molecule is O=C1NC(=O)C2(CCN(C(=O)N[C@@H]3CC[C@@H](c4cccc(F)c4F)Cn4c(CC(F)(F)F)cnc43)CC2)N1. The van der Waals surface area contributed by atoms with Crippen LogP contribution in [0.2, 0.25) is 0 Å². The maximum Gasteiger partial charge on any atom is 0.394 e. The lowest BCUT2D eigenvalue weighted by atomic mass is 9.88. The van der Waals surface area contributed by atoms with Crippen LogP contribution in [-0.4, -0.2) is 57.2 Å². The van der Waals surface area contributed by atoms with Crippen molar-refractivity contribution < 1.29 is 36.3 Å². The number of urea groups is 2. The number of carbonyl (C=O) groups is 3. The van der Waals surface area contributed by atoms with Gasteiger partial charge in [0, 0.05) is 37.4 Å². The Hall–Kier alpha value is -3.71. The summed E-state index contributed by atoms with van der Waals surface area (Å²) in [5.41, 5.74) is -1.16. The number of alkyl halides is 3. The second-order valence-corrected chi connectivity index (χ2v) is 9.91. The van der Waals surface area contributed by atoms with Gasteiger partial charge in [-0.05, 0) is 37.3 Å². The molecule has 204 valence electrons. The van der Waals surface area contributed by atoms with Crippen molar-refractivity contribution in [2.24, 2.45) is 0 Å². The van der Waals surface area contributed by atoms with Crippen molar-refractivity contribution in [3.8, 4) is 0 Å². The van der Waals surface area contributed by atoms with E-state index in [-0.39, 0.29) is 62.4 Å². The normalized spacial score (nSPS) is 23.0. The van der Waals surface area contributed by atoms with Gasteiger partial charge < -0.3 is 20.1 Å². The van der Waals surface area contributed by atoms with Crippen LogP contribution in [0.1, 0.15) is 54.7 Å². The third-order valence-electron chi connectivity index (χ3n) is 7.51. The number of amides is 5. The van der Waals surface area contributed by atoms with Gasteiger partial charge in [0.1, 0.15) is 11.4 Å². The Morgan fingerprint density at radius 1 is 1.16 bits per heavy atom. The van der Waals surface area contributed by atoms with Crippen LogP contribution in [0, 0.1) is 11.6 Å². The van der Waals surface area contributed by atoms with Crippen LogP contribution in [0.3, 0.4) is 0 Å². The van der Waals surface area contributed by atoms with Crippen molar-refractivity contribution in [3.63, 3.8) is 0 Å². The number of carbonyl (C=O) groups excluding carboxylic acids is 3. The number of rotatable bonds is 3. The predicted octanol–water partition coefficient (Wildman–Crippen LogP) is 3.27. The molecule has 2 atom stereocenters. The van der Waals surface area contributed by atoms with E-state index in [0.717, 1.165) is 12.3 Å². The zero-order valence-electron chi connectivity index (χ0n) is 20.1. The first kappa shape index (κ1) is 25.9. The number of benzene rings is 1. The summed E-state index contributed by atoms with van der Waals surface area (Å²) in [6.45, 7) is 0.267. The number of aromatic nitrogens is 2. The number of hydrogen-bond donors (Lipinski definition) is 3. The van der Waals surface area contributed by atoms with Gasteiger partial charge in [-0.15, -0.1) is 0 Å². The van der Waals surface area contributed by atoms with Gasteiger partial charge in [0.15, 0.2) is 11.6 Å². The summed E-state index contributed by atoms with van der Waals surface area (Å²) in [6, 6.07) is 1.85. The predicted molar refractivity (Wildman–Crippen MR) is 122 cm³/mol. The minimum Gasteiger partial charge on any atom is -0.329 e. The van der Waals surface area contributed by atoms with E-state index in [0.29, 0.717) is 0 Å². The second-order valence-electron chi connectivity index (χ2n) is 9.91. The lowest BCUT2D eigenvalue weighted by molar-refractivity contribution is -0.128. The van der Waals surface area contributed by atoms with E-state index in [1.54, 1.807) is 0 Å². The molecule has 0 aliphatic carbocycles. The van der Waals surface area contributed by atoms with Crippen LogP contribution in [0.15, 0.2) is 24.4 Å². The van der Waals surface area contributed by atoms with Crippen molar-refractivity contribution in [2.45, 2.75) is 62.3 Å². The summed E-state index contributed by atoms with van der Waals surface area (Å²) in [7, 11) is 0. The number of imide groups is 1. The fourth-order valence-electron chi connectivity index (χ4n) is 5.51. The van der Waals surface area contributed by atoms with Crippen molar-refractivity contribution in [2.75, 3.05) is 13.1 Å². The molecule has 5 rings (SSSR count). The van der Waals surface area contributed by atoms with E-state index < -0.39 is 59.7 Å². The Balaban J connectivity index is 1.36. The standard InChI is InChI=1S/C24H25F5N6O3/c25-16-3-1-2-15(18(16)26)13-4-5-17(19-30-11-14(35(19)12-13)10-24(27,28)29)31-22(38)34-8-6-23(7-9-34)20(36)32-21(37)33-23/h1-3,11,13,17H,4-10,12H2,(H,31,38)(H2,32,33,36,37)/t13-,17-/m1/s1. The summed E-state index contributed by atoms with van der Waals surface area (Å²) in [4.78, 5) is 42.5. The third-order valence-corrected chi connectivity index (χ3v) is 7.51. The Morgan fingerprint density at radius 2 is 1.89 bits per heavy atom. The highest BCUT2D eigenvalue weighted by Gasteiger charge is 2.48. The monoisotopic (exact) mass is 540 g/mol. The summed E-state index contributed by atoms with van der Waals surface area (Å²) < 4.78 is 69.7. The summed E-state index contributed by atoms with van der Waals surface area (Å²) >= 11 is 0. The first-order valence-electron chi connectivity index (χ1n) is 12.2. The molecule has 2 fully saturated rings. The quantitative estimate of drug-likeness (QED) is 0.410. The lowest BCUT2D eigenvalue weighted by Crippen LogP contribution is -2.57. The zero-order valence-corrected chi connectivity index (χ0v) is 20.1. The number of likely N-dealkylation sites (tertiary alicyclic amines) is 1. The van der Waals surface area contributed by atoms with E-state index >= 15 is 0 Å². The number of nitrogens with one attached hydrogen (secondary N) is 3.